The van der Waals surface area contributed by atoms with Gasteiger partial charge in [0, 0.05) is 17.8 Å². The van der Waals surface area contributed by atoms with E-state index in [1.807, 2.05) is 17.1 Å². The monoisotopic (exact) mass is 488 g/mol. The number of aliphatic hydroxyl groups is 1. The number of ether oxygens (including phenoxy) is 1. The average molecular weight is 489 g/mol. The van der Waals surface area contributed by atoms with Crippen LogP contribution >= 0.6 is 11.8 Å². The molecule has 1 N–H and O–H groups in total. The fourth-order valence-electron chi connectivity index (χ4n) is 6.66. The number of likely N-dealkylation sites (tertiary alicyclic amines) is 1. The number of nitrogens with zero attached hydrogens (tertiary/aromatic N) is 2. The molecular formula is C26H36N2O5S. The highest BCUT2D eigenvalue weighted by Gasteiger charge is 2.71. The van der Waals surface area contributed by atoms with Gasteiger partial charge in [-0.25, -0.2) is 0 Å². The number of aliphatic hydroxyl groups excluding tert-OH is 1. The lowest BCUT2D eigenvalue weighted by atomic mass is 9.78. The molecule has 1 aliphatic carbocycles. The molecule has 1 spiro atoms. The molecule has 5 rings (SSSR count). The first-order valence-corrected chi connectivity index (χ1v) is 13.8. The minimum atomic E-state index is -0.840. The van der Waals surface area contributed by atoms with Gasteiger partial charge in [-0.15, -0.1) is 11.8 Å². The van der Waals surface area contributed by atoms with Crippen molar-refractivity contribution in [2.75, 3.05) is 19.8 Å². The fourth-order valence-corrected chi connectivity index (χ4v) is 8.64. The highest BCUT2D eigenvalue weighted by molar-refractivity contribution is 8.02. The van der Waals surface area contributed by atoms with E-state index in [4.69, 9.17) is 4.74 Å². The maximum Gasteiger partial charge on any atom is 0.311 e. The van der Waals surface area contributed by atoms with Crippen LogP contribution in [0.15, 0.2) is 24.3 Å². The smallest absolute Gasteiger partial charge is 0.311 e. The van der Waals surface area contributed by atoms with Gasteiger partial charge in [-0.1, -0.05) is 43.6 Å². The average Bonchev–Trinajstić information content (AvgIpc) is 3.24. The summed E-state index contributed by atoms with van der Waals surface area (Å²) in [4.78, 5) is 45.1. The van der Waals surface area contributed by atoms with Crippen LogP contribution in [0, 0.1) is 11.8 Å². The van der Waals surface area contributed by atoms with Gasteiger partial charge in [0.1, 0.15) is 6.04 Å². The Morgan fingerprint density at radius 2 is 1.91 bits per heavy atom. The number of fused-ring (bicyclic) bond motifs is 2. The first-order valence-electron chi connectivity index (χ1n) is 12.9. The molecule has 0 aromatic rings. The van der Waals surface area contributed by atoms with Gasteiger partial charge >= 0.3 is 5.97 Å². The normalized spacial score (nSPS) is 38.6. The molecule has 6 atom stereocenters. The molecule has 5 aliphatic rings. The van der Waals surface area contributed by atoms with Gasteiger partial charge in [0.05, 0.1) is 35.8 Å². The van der Waals surface area contributed by atoms with Crippen molar-refractivity contribution < 1.29 is 24.2 Å². The number of allylic oxidation sites excluding steroid dienone is 1. The number of amides is 2. The van der Waals surface area contributed by atoms with E-state index < -0.39 is 28.7 Å². The number of cyclic esters (lactones) is 1. The van der Waals surface area contributed by atoms with E-state index in [2.05, 4.69) is 12.2 Å². The minimum absolute atomic E-state index is 0.0402. The largest absolute Gasteiger partial charge is 0.465 e. The molecule has 0 aromatic carbocycles. The third-order valence-electron chi connectivity index (χ3n) is 8.32. The molecule has 4 heterocycles. The van der Waals surface area contributed by atoms with Crippen LogP contribution in [0.5, 0.6) is 0 Å². The lowest BCUT2D eigenvalue weighted by molar-refractivity contribution is -0.153. The van der Waals surface area contributed by atoms with Crippen LogP contribution in [0.25, 0.3) is 0 Å². The van der Waals surface area contributed by atoms with Gasteiger partial charge < -0.3 is 19.6 Å². The molecular weight excluding hydrogens is 452 g/mol. The zero-order valence-corrected chi connectivity index (χ0v) is 20.8. The molecule has 4 aliphatic heterocycles. The second-order valence-electron chi connectivity index (χ2n) is 10.4. The zero-order valence-electron chi connectivity index (χ0n) is 19.9. The third-order valence-corrected chi connectivity index (χ3v) is 10.1. The van der Waals surface area contributed by atoms with Gasteiger partial charge in [0.15, 0.2) is 0 Å². The highest BCUT2D eigenvalue weighted by atomic mass is 32.2. The number of carbonyl (C=O) groups is 3. The van der Waals surface area contributed by atoms with Crippen molar-refractivity contribution >= 4 is 29.5 Å². The number of hydrogen-bond acceptors (Lipinski definition) is 6. The lowest BCUT2D eigenvalue weighted by Crippen LogP contribution is -2.57. The van der Waals surface area contributed by atoms with Crippen LogP contribution in [0.4, 0.5) is 0 Å². The summed E-state index contributed by atoms with van der Waals surface area (Å²) in [6.45, 7) is 2.45. The second kappa shape index (κ2) is 9.69. The van der Waals surface area contributed by atoms with Gasteiger partial charge in [0.2, 0.25) is 11.8 Å². The van der Waals surface area contributed by atoms with Gasteiger partial charge in [-0.3, -0.25) is 14.4 Å². The summed E-state index contributed by atoms with van der Waals surface area (Å²) in [6.07, 6.45) is 16.3. The molecule has 2 amide bonds. The van der Waals surface area contributed by atoms with Crippen molar-refractivity contribution in [3.05, 3.63) is 24.3 Å². The summed E-state index contributed by atoms with van der Waals surface area (Å²) < 4.78 is 4.80. The number of esters is 1. The van der Waals surface area contributed by atoms with E-state index in [0.717, 1.165) is 44.9 Å². The Hall–Kier alpha value is -1.80. The Morgan fingerprint density at radius 1 is 1.12 bits per heavy atom. The molecule has 0 bridgehead atoms. The number of hydrogen-bond donors (Lipinski definition) is 1. The summed E-state index contributed by atoms with van der Waals surface area (Å²) >= 11 is 1.57. The summed E-state index contributed by atoms with van der Waals surface area (Å²) in [5, 5.41) is 9.81. The predicted molar refractivity (Wildman–Crippen MR) is 130 cm³/mol. The first kappa shape index (κ1) is 23.9. The number of carbonyl (C=O) groups excluding carboxylic acids is 3. The quantitative estimate of drug-likeness (QED) is 0.486. The summed E-state index contributed by atoms with van der Waals surface area (Å²) in [6, 6.07) is -1.05. The number of thioether (sulfide) groups is 1. The van der Waals surface area contributed by atoms with Crippen LogP contribution in [0.3, 0.4) is 0 Å². The van der Waals surface area contributed by atoms with Crippen molar-refractivity contribution in [3.8, 4) is 0 Å². The van der Waals surface area contributed by atoms with E-state index in [0.29, 0.717) is 13.2 Å². The van der Waals surface area contributed by atoms with Gasteiger partial charge in [-0.2, -0.15) is 0 Å². The Bertz CT molecular complexity index is 884. The molecule has 0 aromatic heterocycles. The van der Waals surface area contributed by atoms with Crippen molar-refractivity contribution in [3.63, 3.8) is 0 Å². The maximum absolute atomic E-state index is 14.2. The minimum Gasteiger partial charge on any atom is -0.465 e. The molecule has 7 nitrogen and oxygen atoms in total. The van der Waals surface area contributed by atoms with Crippen LogP contribution in [0.2, 0.25) is 0 Å². The summed E-state index contributed by atoms with van der Waals surface area (Å²) in [5.41, 5.74) is 0. The SMILES string of the molecule is C[C@H](CO)N1C(=O)[C@@H]2[C@H]3C(=O)OCCCC/C=C\[C@H]3S[C@@]23C=CCN(C2CCCCC2)C(=O)C13. The van der Waals surface area contributed by atoms with E-state index in [-0.39, 0.29) is 35.7 Å². The Kier molecular flexibility index (Phi) is 6.81. The highest BCUT2D eigenvalue weighted by Crippen LogP contribution is 2.61. The molecule has 186 valence electrons. The van der Waals surface area contributed by atoms with Gasteiger partial charge in [-0.05, 0) is 39.0 Å². The molecule has 2 saturated heterocycles. The second-order valence-corrected chi connectivity index (χ2v) is 11.9. The van der Waals surface area contributed by atoms with Crippen LogP contribution in [-0.2, 0) is 19.1 Å². The topological polar surface area (TPSA) is 87.2 Å². The fraction of sp³-hybridized carbons (Fsp3) is 0.731. The van der Waals surface area contributed by atoms with Crippen LogP contribution in [-0.4, -0.2) is 80.6 Å². The maximum atomic E-state index is 14.2. The molecule has 3 fully saturated rings. The molecule has 34 heavy (non-hydrogen) atoms. The van der Waals surface area contributed by atoms with Crippen molar-refractivity contribution in [1.29, 1.82) is 0 Å². The summed E-state index contributed by atoms with van der Waals surface area (Å²) in [5.74, 6) is -1.90. The standard InChI is InChI=1S/C26H36N2O5S/c1-17(16-29)28-22-24(31)27(18-10-5-4-6-11-18)14-9-13-26(22)21(23(28)30)20-19(34-26)12-7-2-3-8-15-33-25(20)32/h7,9,12-13,17-22,29H,2-6,8,10-11,14-16H2,1H3/b12-7-/t17-,19-,20+,21+,22?,26+/m1/s1. The Labute approximate surface area is 205 Å². The van der Waals surface area contributed by atoms with Crippen molar-refractivity contribution in [2.24, 2.45) is 11.8 Å². The molecule has 8 heteroatoms. The molecule has 1 unspecified atom stereocenters. The van der Waals surface area contributed by atoms with E-state index in [9.17, 15) is 19.5 Å². The summed E-state index contributed by atoms with van der Waals surface area (Å²) in [7, 11) is 0. The Balaban J connectivity index is 1.58. The van der Waals surface area contributed by atoms with Crippen LogP contribution in [0.1, 0.15) is 58.3 Å². The lowest BCUT2D eigenvalue weighted by Gasteiger charge is -2.40. The first-order chi connectivity index (χ1) is 16.5. The molecule has 0 radical (unpaired) electrons. The number of rotatable bonds is 3. The van der Waals surface area contributed by atoms with E-state index in [1.54, 1.807) is 23.6 Å². The van der Waals surface area contributed by atoms with Crippen LogP contribution < -0.4 is 0 Å². The third kappa shape index (κ3) is 3.81. The Morgan fingerprint density at radius 3 is 2.68 bits per heavy atom. The van der Waals surface area contributed by atoms with E-state index in [1.165, 1.54) is 6.42 Å². The molecule has 1 saturated carbocycles. The van der Waals surface area contributed by atoms with Gasteiger partial charge in [0.25, 0.3) is 0 Å². The van der Waals surface area contributed by atoms with E-state index >= 15 is 0 Å². The zero-order chi connectivity index (χ0) is 23.9. The van der Waals surface area contributed by atoms with Crippen molar-refractivity contribution in [1.82, 2.24) is 9.80 Å². The van der Waals surface area contributed by atoms with Crippen molar-refractivity contribution in [2.45, 2.75) is 86.4 Å². The predicted octanol–water partition coefficient (Wildman–Crippen LogP) is 2.68.